The maximum Gasteiger partial charge on any atom is 0.279 e. The summed E-state index contributed by atoms with van der Waals surface area (Å²) >= 11 is 0. The van der Waals surface area contributed by atoms with Crippen LogP contribution in [0.2, 0.25) is 0 Å². The van der Waals surface area contributed by atoms with Gasteiger partial charge in [-0.3, -0.25) is 4.79 Å². The van der Waals surface area contributed by atoms with E-state index in [9.17, 15) is 4.79 Å². The second-order valence-electron chi connectivity index (χ2n) is 6.79. The summed E-state index contributed by atoms with van der Waals surface area (Å²) < 4.78 is 5.60. The van der Waals surface area contributed by atoms with E-state index in [0.29, 0.717) is 12.5 Å². The third-order valence-electron chi connectivity index (χ3n) is 4.93. The Morgan fingerprint density at radius 3 is 2.48 bits per heavy atom. The number of quaternary nitrogens is 1. The van der Waals surface area contributed by atoms with Gasteiger partial charge in [-0.15, -0.1) is 0 Å². The highest BCUT2D eigenvalue weighted by molar-refractivity contribution is 5.92. The Bertz CT molecular complexity index is 844. The van der Waals surface area contributed by atoms with Crippen LogP contribution < -0.4 is 10.6 Å². The summed E-state index contributed by atoms with van der Waals surface area (Å²) in [5, 5.41) is 5.09. The zero-order valence-electron chi connectivity index (χ0n) is 15.9. The Kier molecular flexibility index (Phi) is 6.44. The molecule has 0 saturated heterocycles. The van der Waals surface area contributed by atoms with E-state index in [2.05, 4.69) is 37.4 Å². The largest absolute Gasteiger partial charge is 0.463 e. The van der Waals surface area contributed by atoms with Crippen LogP contribution in [-0.2, 0) is 4.79 Å². The van der Waals surface area contributed by atoms with Crippen LogP contribution in [0.1, 0.15) is 49.1 Å². The van der Waals surface area contributed by atoms with E-state index in [0.717, 1.165) is 23.4 Å². The van der Waals surface area contributed by atoms with E-state index < -0.39 is 0 Å². The Balaban J connectivity index is 1.69. The molecule has 0 unspecified atom stereocenters. The van der Waals surface area contributed by atoms with Gasteiger partial charge in [0.05, 0.1) is 6.26 Å². The molecule has 1 amide bonds. The molecule has 2 aromatic carbocycles. The van der Waals surface area contributed by atoms with Gasteiger partial charge in [-0.25, -0.2) is 0 Å². The zero-order chi connectivity index (χ0) is 19.1. The number of nitrogens with two attached hydrogens (primary N) is 1. The molecule has 27 heavy (non-hydrogen) atoms. The van der Waals surface area contributed by atoms with Crippen molar-refractivity contribution in [2.24, 2.45) is 0 Å². The topological polar surface area (TPSA) is 58.9 Å². The normalized spacial score (nSPS) is 13.1. The van der Waals surface area contributed by atoms with E-state index in [-0.39, 0.29) is 11.9 Å². The summed E-state index contributed by atoms with van der Waals surface area (Å²) in [6, 6.07) is 21.9. The summed E-state index contributed by atoms with van der Waals surface area (Å²) in [6.45, 7) is 4.65. The van der Waals surface area contributed by atoms with Crippen LogP contribution in [0, 0.1) is 0 Å². The van der Waals surface area contributed by atoms with Gasteiger partial charge in [0, 0.05) is 11.3 Å². The zero-order valence-corrected chi connectivity index (χ0v) is 15.9. The first-order valence-corrected chi connectivity index (χ1v) is 9.49. The summed E-state index contributed by atoms with van der Waals surface area (Å²) in [5.41, 5.74) is 3.19. The lowest BCUT2D eigenvalue weighted by atomic mass is 9.97. The van der Waals surface area contributed by atoms with Crippen molar-refractivity contribution in [2.75, 3.05) is 11.9 Å². The Morgan fingerprint density at radius 2 is 1.78 bits per heavy atom. The van der Waals surface area contributed by atoms with Gasteiger partial charge in [0.2, 0.25) is 0 Å². The molecule has 1 aromatic heterocycles. The highest BCUT2D eigenvalue weighted by Gasteiger charge is 2.21. The minimum atomic E-state index is -0.0447. The van der Waals surface area contributed by atoms with E-state index in [1.807, 2.05) is 53.8 Å². The van der Waals surface area contributed by atoms with Gasteiger partial charge < -0.3 is 15.1 Å². The predicted octanol–water partition coefficient (Wildman–Crippen LogP) is 4.08. The molecule has 0 aliphatic heterocycles. The van der Waals surface area contributed by atoms with E-state index in [1.54, 1.807) is 6.26 Å². The molecule has 0 bridgehead atoms. The number of carbonyl (C=O) groups excluding carboxylic acids is 1. The first-order chi connectivity index (χ1) is 13.2. The minimum absolute atomic E-state index is 0.0155. The summed E-state index contributed by atoms with van der Waals surface area (Å²) in [7, 11) is 0. The van der Waals surface area contributed by atoms with Crippen LogP contribution in [0.15, 0.2) is 77.4 Å². The molecule has 0 saturated carbocycles. The summed E-state index contributed by atoms with van der Waals surface area (Å²) in [6.07, 6.45) is 2.70. The van der Waals surface area contributed by atoms with E-state index in [1.165, 1.54) is 5.56 Å². The first-order valence-electron chi connectivity index (χ1n) is 9.49. The van der Waals surface area contributed by atoms with Crippen LogP contribution in [0.4, 0.5) is 5.69 Å². The molecule has 4 nitrogen and oxygen atoms in total. The van der Waals surface area contributed by atoms with Crippen molar-refractivity contribution in [3.05, 3.63) is 89.9 Å². The number of hydrogen-bond donors (Lipinski definition) is 2. The molecule has 3 rings (SSSR count). The van der Waals surface area contributed by atoms with Crippen molar-refractivity contribution in [3.8, 4) is 0 Å². The highest BCUT2D eigenvalue weighted by atomic mass is 16.3. The van der Waals surface area contributed by atoms with Crippen LogP contribution in [0.25, 0.3) is 0 Å². The number of nitrogens with one attached hydrogen (secondary N) is 1. The molecule has 2 atom stereocenters. The van der Waals surface area contributed by atoms with Gasteiger partial charge in [0.15, 0.2) is 18.3 Å². The maximum atomic E-state index is 12.6. The lowest BCUT2D eigenvalue weighted by Gasteiger charge is -2.17. The molecular weight excluding hydrogens is 336 g/mol. The van der Waals surface area contributed by atoms with Gasteiger partial charge in [-0.1, -0.05) is 62.4 Å². The second kappa shape index (κ2) is 9.19. The number of para-hydroxylation sites is 1. The molecule has 3 aromatic rings. The van der Waals surface area contributed by atoms with Crippen molar-refractivity contribution in [1.29, 1.82) is 0 Å². The lowest BCUT2D eigenvalue weighted by Crippen LogP contribution is -2.87. The first kappa shape index (κ1) is 18.9. The minimum Gasteiger partial charge on any atom is -0.463 e. The Morgan fingerprint density at radius 1 is 1.04 bits per heavy atom. The number of anilines is 1. The molecule has 0 radical (unpaired) electrons. The molecule has 0 aliphatic rings. The van der Waals surface area contributed by atoms with Crippen molar-refractivity contribution >= 4 is 11.6 Å². The van der Waals surface area contributed by atoms with Crippen molar-refractivity contribution in [3.63, 3.8) is 0 Å². The fourth-order valence-corrected chi connectivity index (χ4v) is 3.23. The molecule has 4 heteroatoms. The number of hydrogen-bond acceptors (Lipinski definition) is 2. The molecule has 0 spiro atoms. The predicted molar refractivity (Wildman–Crippen MR) is 108 cm³/mol. The van der Waals surface area contributed by atoms with Gasteiger partial charge in [-0.2, -0.15) is 0 Å². The third kappa shape index (κ3) is 4.86. The van der Waals surface area contributed by atoms with E-state index in [4.69, 9.17) is 4.42 Å². The molecule has 0 aliphatic carbocycles. The fraction of sp³-hybridized carbons (Fsp3) is 0.261. The van der Waals surface area contributed by atoms with Gasteiger partial charge in [0.1, 0.15) is 0 Å². The van der Waals surface area contributed by atoms with Crippen LogP contribution in [0.3, 0.4) is 0 Å². The molecular formula is C23H27N2O2+. The standard InChI is InChI=1S/C23H26N2O2/c1-3-17(2)19-12-7-8-13-20(19)25-22(26)16-24-23(21-14-9-15-27-21)18-10-5-4-6-11-18/h4-15,17,23-24H,3,16H2,1-2H3,(H,25,26)/p+1/t17-,23-/m1/s1. The highest BCUT2D eigenvalue weighted by Crippen LogP contribution is 2.26. The number of carbonyl (C=O) groups is 1. The van der Waals surface area contributed by atoms with E-state index >= 15 is 0 Å². The van der Waals surface area contributed by atoms with Gasteiger partial charge in [-0.05, 0) is 36.1 Å². The Labute approximate surface area is 160 Å². The Hall–Kier alpha value is -2.85. The average molecular weight is 363 g/mol. The molecule has 3 N–H and O–H groups in total. The molecule has 140 valence electrons. The van der Waals surface area contributed by atoms with Crippen molar-refractivity contribution < 1.29 is 14.5 Å². The maximum absolute atomic E-state index is 12.6. The summed E-state index contributed by atoms with van der Waals surface area (Å²) in [5.74, 6) is 1.23. The molecule has 0 fully saturated rings. The third-order valence-corrected chi connectivity index (χ3v) is 4.93. The van der Waals surface area contributed by atoms with Crippen LogP contribution in [0.5, 0.6) is 0 Å². The monoisotopic (exact) mass is 363 g/mol. The number of amides is 1. The van der Waals surface area contributed by atoms with Crippen LogP contribution in [-0.4, -0.2) is 12.5 Å². The fourth-order valence-electron chi connectivity index (χ4n) is 3.23. The number of furan rings is 1. The number of benzene rings is 2. The second-order valence-corrected chi connectivity index (χ2v) is 6.79. The average Bonchev–Trinajstić information content (AvgIpc) is 3.23. The summed E-state index contributed by atoms with van der Waals surface area (Å²) in [4.78, 5) is 12.6. The van der Waals surface area contributed by atoms with Gasteiger partial charge in [0.25, 0.3) is 5.91 Å². The van der Waals surface area contributed by atoms with Crippen molar-refractivity contribution in [2.45, 2.75) is 32.2 Å². The quantitative estimate of drug-likeness (QED) is 0.633. The SMILES string of the molecule is CC[C@@H](C)c1ccccc1NC(=O)C[NH2+][C@H](c1ccccc1)c1ccco1. The van der Waals surface area contributed by atoms with Crippen molar-refractivity contribution in [1.82, 2.24) is 0 Å². The smallest absolute Gasteiger partial charge is 0.279 e. The number of rotatable bonds is 8. The van der Waals surface area contributed by atoms with Crippen LogP contribution >= 0.6 is 0 Å². The lowest BCUT2D eigenvalue weighted by molar-refractivity contribution is -0.678. The van der Waals surface area contributed by atoms with Gasteiger partial charge >= 0.3 is 0 Å². The molecule has 1 heterocycles.